The molecule has 2 N–H and O–H groups in total. The van der Waals surface area contributed by atoms with E-state index in [2.05, 4.69) is 17.1 Å². The molecule has 84 valence electrons. The van der Waals surface area contributed by atoms with Gasteiger partial charge in [-0.1, -0.05) is 6.07 Å². The third kappa shape index (κ3) is 1.95. The highest BCUT2D eigenvalue weighted by atomic mass is 32.1. The summed E-state index contributed by atoms with van der Waals surface area (Å²) in [5.74, 6) is 0.495. The van der Waals surface area contributed by atoms with Gasteiger partial charge in [0, 0.05) is 18.2 Å². The van der Waals surface area contributed by atoms with Gasteiger partial charge in [-0.15, -0.1) is 11.3 Å². The van der Waals surface area contributed by atoms with Crippen molar-refractivity contribution in [2.24, 2.45) is 5.73 Å². The maximum Gasteiger partial charge on any atom is 0.110 e. The Morgan fingerprint density at radius 3 is 2.71 bits per heavy atom. The zero-order chi connectivity index (χ0) is 11.8. The number of nitrogens with zero attached hydrogens (tertiary/aromatic N) is 2. The minimum Gasteiger partial charge on any atom is -0.327 e. The van der Waals surface area contributed by atoms with Crippen LogP contribution in [0.4, 0.5) is 0 Å². The van der Waals surface area contributed by atoms with Crippen molar-refractivity contribution in [3.63, 3.8) is 0 Å². The summed E-state index contributed by atoms with van der Waals surface area (Å²) in [4.78, 5) is 6.19. The third-order valence-corrected chi connectivity index (χ3v) is 4.04. The molecular formula is C13H11N3S. The Kier molecular flexibility index (Phi) is 2.43. The Hall–Kier alpha value is -1.70. The molecule has 3 nitrogen and oxygen atoms in total. The summed E-state index contributed by atoms with van der Waals surface area (Å²) in [5, 5.41) is 8.78. The first-order chi connectivity index (χ1) is 8.28. The summed E-state index contributed by atoms with van der Waals surface area (Å²) in [6.45, 7) is 0. The van der Waals surface area contributed by atoms with Crippen molar-refractivity contribution in [2.75, 3.05) is 0 Å². The number of hydrogen-bond acceptors (Lipinski definition) is 4. The molecule has 0 amide bonds. The van der Waals surface area contributed by atoms with Crippen LogP contribution in [0.5, 0.6) is 0 Å². The Labute approximate surface area is 104 Å². The van der Waals surface area contributed by atoms with Crippen LogP contribution in [-0.4, -0.2) is 11.0 Å². The summed E-state index contributed by atoms with van der Waals surface area (Å²) in [6, 6.07) is 10.3. The average molecular weight is 241 g/mol. The SMILES string of the molecule is N#Cc1ccc(-c2ccc(C3CC3N)cn2)s1. The van der Waals surface area contributed by atoms with Gasteiger partial charge in [0.05, 0.1) is 10.6 Å². The summed E-state index contributed by atoms with van der Waals surface area (Å²) in [5.41, 5.74) is 7.95. The predicted molar refractivity (Wildman–Crippen MR) is 67.6 cm³/mol. The highest BCUT2D eigenvalue weighted by Gasteiger charge is 2.34. The topological polar surface area (TPSA) is 62.7 Å². The van der Waals surface area contributed by atoms with E-state index >= 15 is 0 Å². The first kappa shape index (κ1) is 10.5. The Morgan fingerprint density at radius 1 is 1.35 bits per heavy atom. The summed E-state index contributed by atoms with van der Waals surface area (Å²) in [6.07, 6.45) is 2.97. The van der Waals surface area contributed by atoms with Crippen LogP contribution < -0.4 is 5.73 Å². The molecule has 3 rings (SSSR count). The Bertz CT molecular complexity index is 579. The molecular weight excluding hydrogens is 230 g/mol. The summed E-state index contributed by atoms with van der Waals surface area (Å²) >= 11 is 1.47. The predicted octanol–water partition coefficient (Wildman–Crippen LogP) is 2.50. The second-order valence-corrected chi connectivity index (χ2v) is 5.34. The molecule has 17 heavy (non-hydrogen) atoms. The molecule has 2 atom stereocenters. The van der Waals surface area contributed by atoms with E-state index in [0.717, 1.165) is 21.9 Å². The molecule has 1 saturated carbocycles. The first-order valence-electron chi connectivity index (χ1n) is 5.50. The molecule has 0 radical (unpaired) electrons. The van der Waals surface area contributed by atoms with Crippen LogP contribution in [-0.2, 0) is 0 Å². The van der Waals surface area contributed by atoms with Crippen molar-refractivity contribution < 1.29 is 0 Å². The minimum absolute atomic E-state index is 0.314. The second-order valence-electron chi connectivity index (χ2n) is 4.26. The normalized spacial score (nSPS) is 22.1. The van der Waals surface area contributed by atoms with Gasteiger partial charge < -0.3 is 5.73 Å². The molecule has 2 aromatic heterocycles. The standard InChI is InChI=1S/C13H11N3S/c14-6-9-2-4-13(17-9)12-3-1-8(7-16-12)10-5-11(10)15/h1-4,7,10-11H,5,15H2. The first-order valence-corrected chi connectivity index (χ1v) is 6.31. The monoisotopic (exact) mass is 241 g/mol. The fourth-order valence-corrected chi connectivity index (χ4v) is 2.68. The van der Waals surface area contributed by atoms with Gasteiger partial charge in [-0.25, -0.2) is 0 Å². The molecule has 0 saturated heterocycles. The van der Waals surface area contributed by atoms with Crippen LogP contribution in [0.15, 0.2) is 30.5 Å². The van der Waals surface area contributed by atoms with Gasteiger partial charge in [0.2, 0.25) is 0 Å². The van der Waals surface area contributed by atoms with Gasteiger partial charge in [-0.2, -0.15) is 5.26 Å². The van der Waals surface area contributed by atoms with Crippen LogP contribution in [0.3, 0.4) is 0 Å². The van der Waals surface area contributed by atoms with E-state index < -0.39 is 0 Å². The van der Waals surface area contributed by atoms with Crippen molar-refractivity contribution in [3.8, 4) is 16.6 Å². The molecule has 0 aliphatic heterocycles. The zero-order valence-electron chi connectivity index (χ0n) is 9.13. The van der Waals surface area contributed by atoms with Crippen LogP contribution in [0.1, 0.15) is 22.8 Å². The lowest BCUT2D eigenvalue weighted by Crippen LogP contribution is -2.01. The van der Waals surface area contributed by atoms with E-state index in [-0.39, 0.29) is 0 Å². The van der Waals surface area contributed by atoms with Gasteiger partial charge in [-0.3, -0.25) is 4.98 Å². The zero-order valence-corrected chi connectivity index (χ0v) is 9.95. The lowest BCUT2D eigenvalue weighted by atomic mass is 10.1. The van der Waals surface area contributed by atoms with Gasteiger partial charge in [-0.05, 0) is 30.2 Å². The van der Waals surface area contributed by atoms with Crippen LogP contribution in [0, 0.1) is 11.3 Å². The highest BCUT2D eigenvalue weighted by Crippen LogP contribution is 2.39. The third-order valence-electron chi connectivity index (χ3n) is 3.02. The number of thiophene rings is 1. The fourth-order valence-electron chi connectivity index (χ4n) is 1.90. The number of nitriles is 1. The van der Waals surface area contributed by atoms with Crippen molar-refractivity contribution in [1.29, 1.82) is 5.26 Å². The van der Waals surface area contributed by atoms with Gasteiger partial charge >= 0.3 is 0 Å². The number of aromatic nitrogens is 1. The van der Waals surface area contributed by atoms with Crippen molar-refractivity contribution in [2.45, 2.75) is 18.4 Å². The molecule has 0 aromatic carbocycles. The van der Waals surface area contributed by atoms with Gasteiger partial charge in [0.15, 0.2) is 0 Å². The van der Waals surface area contributed by atoms with E-state index in [1.165, 1.54) is 16.9 Å². The summed E-state index contributed by atoms with van der Waals surface area (Å²) in [7, 11) is 0. The molecule has 1 fully saturated rings. The molecule has 0 bridgehead atoms. The lowest BCUT2D eigenvalue weighted by molar-refractivity contribution is 0.981. The van der Waals surface area contributed by atoms with Crippen LogP contribution >= 0.6 is 11.3 Å². The van der Waals surface area contributed by atoms with Crippen molar-refractivity contribution >= 4 is 11.3 Å². The molecule has 2 aromatic rings. The number of hydrogen-bond donors (Lipinski definition) is 1. The molecule has 2 heterocycles. The molecule has 2 unspecified atom stereocenters. The fraction of sp³-hybridized carbons (Fsp3) is 0.231. The second kappa shape index (κ2) is 3.95. The van der Waals surface area contributed by atoms with E-state index in [0.29, 0.717) is 12.0 Å². The average Bonchev–Trinajstić information content (AvgIpc) is 2.92. The largest absolute Gasteiger partial charge is 0.327 e. The smallest absolute Gasteiger partial charge is 0.110 e. The van der Waals surface area contributed by atoms with E-state index in [1.54, 1.807) is 0 Å². The van der Waals surface area contributed by atoms with E-state index in [4.69, 9.17) is 11.0 Å². The number of rotatable bonds is 2. The Balaban J connectivity index is 1.87. The van der Waals surface area contributed by atoms with E-state index in [1.807, 2.05) is 24.4 Å². The molecule has 1 aliphatic carbocycles. The lowest BCUT2D eigenvalue weighted by Gasteiger charge is -2.00. The minimum atomic E-state index is 0.314. The number of nitrogens with two attached hydrogens (primary N) is 1. The van der Waals surface area contributed by atoms with Gasteiger partial charge in [0.25, 0.3) is 0 Å². The summed E-state index contributed by atoms with van der Waals surface area (Å²) < 4.78 is 0. The molecule has 4 heteroatoms. The molecule has 0 spiro atoms. The maximum atomic E-state index is 8.78. The molecule has 1 aliphatic rings. The Morgan fingerprint density at radius 2 is 2.18 bits per heavy atom. The number of pyridine rings is 1. The van der Waals surface area contributed by atoms with Crippen molar-refractivity contribution in [1.82, 2.24) is 4.98 Å². The maximum absolute atomic E-state index is 8.78. The van der Waals surface area contributed by atoms with Gasteiger partial charge in [0.1, 0.15) is 10.9 Å². The van der Waals surface area contributed by atoms with E-state index in [9.17, 15) is 0 Å². The van der Waals surface area contributed by atoms with Crippen LogP contribution in [0.25, 0.3) is 10.6 Å². The van der Waals surface area contributed by atoms with Crippen molar-refractivity contribution in [3.05, 3.63) is 40.9 Å². The van der Waals surface area contributed by atoms with Crippen LogP contribution in [0.2, 0.25) is 0 Å². The quantitative estimate of drug-likeness (QED) is 0.878. The highest BCUT2D eigenvalue weighted by molar-refractivity contribution is 7.15.